The molecule has 126 valence electrons. The number of hydrazone groups is 1. The van der Waals surface area contributed by atoms with Gasteiger partial charge in [0, 0.05) is 4.88 Å². The third kappa shape index (κ3) is 5.02. The molecule has 0 aliphatic heterocycles. The molecule has 0 aliphatic rings. The van der Waals surface area contributed by atoms with Gasteiger partial charge in [-0.2, -0.15) is 5.10 Å². The highest BCUT2D eigenvalue weighted by Gasteiger charge is 2.06. The maximum absolute atomic E-state index is 11.9. The first kappa shape index (κ1) is 16.9. The number of benzene rings is 2. The zero-order valence-corrected chi connectivity index (χ0v) is 14.6. The van der Waals surface area contributed by atoms with Gasteiger partial charge in [-0.3, -0.25) is 4.79 Å². The van der Waals surface area contributed by atoms with Gasteiger partial charge >= 0.3 is 0 Å². The zero-order chi connectivity index (χ0) is 17.5. The van der Waals surface area contributed by atoms with Crippen LogP contribution in [0.3, 0.4) is 0 Å². The van der Waals surface area contributed by atoms with Crippen LogP contribution in [-0.2, 0) is 6.61 Å². The molecule has 5 heteroatoms. The van der Waals surface area contributed by atoms with Gasteiger partial charge in [0.05, 0.1) is 11.1 Å². The van der Waals surface area contributed by atoms with E-state index in [1.54, 1.807) is 12.3 Å². The van der Waals surface area contributed by atoms with Gasteiger partial charge < -0.3 is 4.74 Å². The van der Waals surface area contributed by atoms with Gasteiger partial charge in [-0.15, -0.1) is 11.3 Å². The summed E-state index contributed by atoms with van der Waals surface area (Å²) in [5.74, 6) is 0.554. The van der Waals surface area contributed by atoms with E-state index >= 15 is 0 Å². The Balaban J connectivity index is 1.56. The summed E-state index contributed by atoms with van der Waals surface area (Å²) in [7, 11) is 0. The number of thiophene rings is 1. The second-order valence-corrected chi connectivity index (χ2v) is 6.74. The minimum absolute atomic E-state index is 0.203. The molecule has 0 bridgehead atoms. The summed E-state index contributed by atoms with van der Waals surface area (Å²) >= 11 is 1.44. The van der Waals surface area contributed by atoms with Gasteiger partial charge in [0.2, 0.25) is 0 Å². The van der Waals surface area contributed by atoms with Crippen molar-refractivity contribution >= 4 is 23.5 Å². The number of amides is 1. The molecule has 2 aromatic carbocycles. The van der Waals surface area contributed by atoms with E-state index in [0.717, 1.165) is 21.8 Å². The van der Waals surface area contributed by atoms with E-state index in [2.05, 4.69) is 10.5 Å². The fourth-order valence-electron chi connectivity index (χ4n) is 2.20. The van der Waals surface area contributed by atoms with Crippen LogP contribution in [-0.4, -0.2) is 12.1 Å². The van der Waals surface area contributed by atoms with E-state index in [1.165, 1.54) is 11.3 Å². The molecule has 25 heavy (non-hydrogen) atoms. The van der Waals surface area contributed by atoms with Crippen LogP contribution in [0, 0.1) is 6.92 Å². The van der Waals surface area contributed by atoms with Crippen molar-refractivity contribution in [1.29, 1.82) is 0 Å². The van der Waals surface area contributed by atoms with E-state index in [4.69, 9.17) is 4.74 Å². The van der Waals surface area contributed by atoms with Crippen molar-refractivity contribution in [1.82, 2.24) is 5.43 Å². The van der Waals surface area contributed by atoms with Crippen molar-refractivity contribution in [2.75, 3.05) is 0 Å². The molecule has 0 saturated carbocycles. The van der Waals surface area contributed by atoms with Crippen LogP contribution in [0.5, 0.6) is 5.75 Å². The molecule has 0 radical (unpaired) electrons. The lowest BCUT2D eigenvalue weighted by Crippen LogP contribution is -2.16. The molecule has 3 rings (SSSR count). The smallest absolute Gasteiger partial charge is 0.281 e. The normalized spacial score (nSPS) is 10.8. The molecule has 0 unspecified atom stereocenters. The van der Waals surface area contributed by atoms with Gasteiger partial charge in [-0.05, 0) is 42.3 Å². The monoisotopic (exact) mass is 350 g/mol. The second kappa shape index (κ2) is 8.26. The molecule has 1 aromatic heterocycles. The summed E-state index contributed by atoms with van der Waals surface area (Å²) in [4.78, 5) is 13.7. The van der Waals surface area contributed by atoms with E-state index < -0.39 is 0 Å². The predicted molar refractivity (Wildman–Crippen MR) is 101 cm³/mol. The Morgan fingerprint density at radius 1 is 1.12 bits per heavy atom. The standard InChI is InChI=1S/C20H18N2O2S/c1-15-10-11-19(25-15)20(23)22-21-13-17-8-5-9-18(12-17)24-14-16-6-3-2-4-7-16/h2-13H,14H2,1H3,(H,22,23). The van der Waals surface area contributed by atoms with Crippen molar-refractivity contribution < 1.29 is 9.53 Å². The molecular formula is C20H18N2O2S. The van der Waals surface area contributed by atoms with E-state index in [0.29, 0.717) is 11.5 Å². The number of carbonyl (C=O) groups excluding carboxylic acids is 1. The average Bonchev–Trinajstić information content (AvgIpc) is 3.08. The molecule has 1 heterocycles. The quantitative estimate of drug-likeness (QED) is 0.529. The molecule has 0 spiro atoms. The van der Waals surface area contributed by atoms with Crippen molar-refractivity contribution in [3.8, 4) is 5.75 Å². The minimum atomic E-state index is -0.203. The number of rotatable bonds is 6. The summed E-state index contributed by atoms with van der Waals surface area (Å²) in [5.41, 5.74) is 4.50. The van der Waals surface area contributed by atoms with E-state index in [1.807, 2.05) is 67.6 Å². The lowest BCUT2D eigenvalue weighted by atomic mass is 10.2. The fraction of sp³-hybridized carbons (Fsp3) is 0.100. The molecule has 0 saturated heterocycles. The Morgan fingerprint density at radius 2 is 1.96 bits per heavy atom. The first-order valence-electron chi connectivity index (χ1n) is 7.87. The number of nitrogens with zero attached hydrogens (tertiary/aromatic N) is 1. The number of hydrogen-bond donors (Lipinski definition) is 1. The number of carbonyl (C=O) groups is 1. The van der Waals surface area contributed by atoms with Crippen LogP contribution in [0.15, 0.2) is 71.8 Å². The van der Waals surface area contributed by atoms with Crippen molar-refractivity contribution in [3.05, 3.63) is 87.6 Å². The van der Waals surface area contributed by atoms with Gasteiger partial charge in [0.15, 0.2) is 0 Å². The SMILES string of the molecule is Cc1ccc(C(=O)NN=Cc2cccc(OCc3ccccc3)c2)s1. The Hall–Kier alpha value is -2.92. The lowest BCUT2D eigenvalue weighted by Gasteiger charge is -2.06. The number of ether oxygens (including phenoxy) is 1. The van der Waals surface area contributed by atoms with Gasteiger partial charge in [-0.25, -0.2) is 5.43 Å². The van der Waals surface area contributed by atoms with Crippen LogP contribution < -0.4 is 10.2 Å². The predicted octanol–water partition coefficient (Wildman–Crippen LogP) is 4.40. The topological polar surface area (TPSA) is 50.7 Å². The molecular weight excluding hydrogens is 332 g/mol. The van der Waals surface area contributed by atoms with Crippen LogP contribution in [0.25, 0.3) is 0 Å². The first-order valence-corrected chi connectivity index (χ1v) is 8.69. The molecule has 4 nitrogen and oxygen atoms in total. The van der Waals surface area contributed by atoms with Crippen LogP contribution in [0.1, 0.15) is 25.7 Å². The lowest BCUT2D eigenvalue weighted by molar-refractivity contribution is 0.0959. The fourth-order valence-corrected chi connectivity index (χ4v) is 2.96. The Bertz CT molecular complexity index is 872. The van der Waals surface area contributed by atoms with Crippen molar-refractivity contribution in [2.45, 2.75) is 13.5 Å². The maximum atomic E-state index is 11.9. The molecule has 1 N–H and O–H groups in total. The highest BCUT2D eigenvalue weighted by molar-refractivity contribution is 7.13. The maximum Gasteiger partial charge on any atom is 0.281 e. The van der Waals surface area contributed by atoms with Crippen LogP contribution in [0.4, 0.5) is 0 Å². The van der Waals surface area contributed by atoms with Crippen molar-refractivity contribution in [3.63, 3.8) is 0 Å². The second-order valence-electron chi connectivity index (χ2n) is 5.46. The average molecular weight is 350 g/mol. The summed E-state index contributed by atoms with van der Waals surface area (Å²) in [5, 5.41) is 4.01. The molecule has 3 aromatic rings. The molecule has 0 aliphatic carbocycles. The Kier molecular flexibility index (Phi) is 5.59. The Morgan fingerprint density at radius 3 is 2.72 bits per heavy atom. The van der Waals surface area contributed by atoms with Crippen LogP contribution in [0.2, 0.25) is 0 Å². The minimum Gasteiger partial charge on any atom is -0.489 e. The molecule has 0 fully saturated rings. The third-order valence-corrected chi connectivity index (χ3v) is 4.45. The summed E-state index contributed by atoms with van der Waals surface area (Å²) in [6.45, 7) is 2.47. The Labute approximate surface area is 150 Å². The molecule has 0 atom stereocenters. The summed E-state index contributed by atoms with van der Waals surface area (Å²) < 4.78 is 5.78. The van der Waals surface area contributed by atoms with Gasteiger partial charge in [0.25, 0.3) is 5.91 Å². The summed E-state index contributed by atoms with van der Waals surface area (Å²) in [6, 6.07) is 21.3. The van der Waals surface area contributed by atoms with E-state index in [-0.39, 0.29) is 5.91 Å². The van der Waals surface area contributed by atoms with Gasteiger partial charge in [-0.1, -0.05) is 42.5 Å². The third-order valence-electron chi connectivity index (χ3n) is 3.45. The molecule has 1 amide bonds. The van der Waals surface area contributed by atoms with Crippen LogP contribution >= 0.6 is 11.3 Å². The first-order chi connectivity index (χ1) is 12.2. The number of aryl methyl sites for hydroxylation is 1. The van der Waals surface area contributed by atoms with Gasteiger partial charge in [0.1, 0.15) is 12.4 Å². The highest BCUT2D eigenvalue weighted by atomic mass is 32.1. The van der Waals surface area contributed by atoms with E-state index in [9.17, 15) is 4.79 Å². The highest BCUT2D eigenvalue weighted by Crippen LogP contribution is 2.15. The zero-order valence-electron chi connectivity index (χ0n) is 13.8. The largest absolute Gasteiger partial charge is 0.489 e. The number of hydrogen-bond acceptors (Lipinski definition) is 4. The summed E-state index contributed by atoms with van der Waals surface area (Å²) in [6.07, 6.45) is 1.60. The number of nitrogens with one attached hydrogen (secondary N) is 1. The van der Waals surface area contributed by atoms with Crippen molar-refractivity contribution in [2.24, 2.45) is 5.10 Å².